The Morgan fingerprint density at radius 1 is 1.25 bits per heavy atom. The van der Waals surface area contributed by atoms with E-state index in [9.17, 15) is 0 Å². The molecule has 0 saturated heterocycles. The summed E-state index contributed by atoms with van der Waals surface area (Å²) in [6.45, 7) is 4.36. The van der Waals surface area contributed by atoms with Crippen LogP contribution in [0.2, 0.25) is 0 Å². The predicted octanol–water partition coefficient (Wildman–Crippen LogP) is 3.55. The van der Waals surface area contributed by atoms with E-state index < -0.39 is 0 Å². The third-order valence-electron chi connectivity index (χ3n) is 4.36. The van der Waals surface area contributed by atoms with Crippen molar-refractivity contribution >= 4 is 21.6 Å². The monoisotopic (exact) mass is 336 g/mol. The average Bonchev–Trinajstić information content (AvgIpc) is 2.82. The van der Waals surface area contributed by atoms with E-state index in [0.717, 1.165) is 23.3 Å². The van der Waals surface area contributed by atoms with Crippen LogP contribution < -0.4 is 5.32 Å². The molecule has 1 aliphatic carbocycles. The zero-order valence-corrected chi connectivity index (χ0v) is 13.5. The normalized spacial score (nSPS) is 18.5. The van der Waals surface area contributed by atoms with Crippen LogP contribution in [0.4, 0.5) is 0 Å². The number of rotatable bonds is 4. The first-order valence-corrected chi connectivity index (χ1v) is 8.14. The Morgan fingerprint density at radius 2 is 2.05 bits per heavy atom. The van der Waals surface area contributed by atoms with Crippen molar-refractivity contribution < 1.29 is 0 Å². The third-order valence-corrected chi connectivity index (χ3v) is 4.77. The Hall–Kier alpha value is -0.940. The molecule has 3 rings (SSSR count). The molecule has 0 unspecified atom stereocenters. The van der Waals surface area contributed by atoms with Crippen LogP contribution in [-0.2, 0) is 6.54 Å². The van der Waals surface area contributed by atoms with Gasteiger partial charge in [-0.1, -0.05) is 26.2 Å². The molecular formula is C15H21BrN4. The van der Waals surface area contributed by atoms with Gasteiger partial charge in [-0.3, -0.25) is 4.40 Å². The molecule has 1 N–H and O–H groups in total. The van der Waals surface area contributed by atoms with Crippen molar-refractivity contribution in [1.29, 1.82) is 0 Å². The number of imidazole rings is 1. The summed E-state index contributed by atoms with van der Waals surface area (Å²) in [6.07, 6.45) is 12.6. The number of nitrogens with zero attached hydrogens (tertiary/aromatic N) is 3. The molecule has 0 radical (unpaired) electrons. The SMILES string of the molecule is CC1(CNCc2cnc3cnc(Br)cn23)CCCCC1. The van der Waals surface area contributed by atoms with Crippen molar-refractivity contribution in [3.8, 4) is 0 Å². The molecule has 108 valence electrons. The second-order valence-electron chi connectivity index (χ2n) is 6.16. The number of halogens is 1. The molecule has 0 bridgehead atoms. The maximum Gasteiger partial charge on any atom is 0.155 e. The summed E-state index contributed by atoms with van der Waals surface area (Å²) in [4.78, 5) is 8.58. The summed E-state index contributed by atoms with van der Waals surface area (Å²) in [5, 5.41) is 3.61. The summed E-state index contributed by atoms with van der Waals surface area (Å²) < 4.78 is 2.93. The molecule has 0 aliphatic heterocycles. The molecule has 20 heavy (non-hydrogen) atoms. The van der Waals surface area contributed by atoms with E-state index in [1.165, 1.54) is 37.8 Å². The quantitative estimate of drug-likeness (QED) is 0.928. The number of hydrogen-bond donors (Lipinski definition) is 1. The zero-order chi connectivity index (χ0) is 14.0. The lowest BCUT2D eigenvalue weighted by atomic mass is 9.76. The van der Waals surface area contributed by atoms with Gasteiger partial charge >= 0.3 is 0 Å². The molecule has 4 nitrogen and oxygen atoms in total. The van der Waals surface area contributed by atoms with Crippen molar-refractivity contribution in [2.75, 3.05) is 6.54 Å². The van der Waals surface area contributed by atoms with Gasteiger partial charge in [-0.05, 0) is 34.2 Å². The van der Waals surface area contributed by atoms with E-state index in [1.54, 1.807) is 6.20 Å². The first kappa shape index (κ1) is 14.0. The van der Waals surface area contributed by atoms with E-state index >= 15 is 0 Å². The van der Waals surface area contributed by atoms with E-state index in [-0.39, 0.29) is 0 Å². The molecule has 2 aromatic heterocycles. The maximum absolute atomic E-state index is 4.38. The zero-order valence-electron chi connectivity index (χ0n) is 11.9. The van der Waals surface area contributed by atoms with E-state index in [4.69, 9.17) is 0 Å². The van der Waals surface area contributed by atoms with Crippen LogP contribution in [0.3, 0.4) is 0 Å². The van der Waals surface area contributed by atoms with Crippen molar-refractivity contribution in [3.63, 3.8) is 0 Å². The molecule has 2 heterocycles. The predicted molar refractivity (Wildman–Crippen MR) is 83.6 cm³/mol. The Labute approximate surface area is 128 Å². The molecule has 1 saturated carbocycles. The number of nitrogens with one attached hydrogen (secondary N) is 1. The van der Waals surface area contributed by atoms with Gasteiger partial charge in [0, 0.05) is 19.3 Å². The van der Waals surface area contributed by atoms with Gasteiger partial charge < -0.3 is 5.32 Å². The Bertz CT molecular complexity index is 587. The minimum atomic E-state index is 0.473. The number of aromatic nitrogens is 3. The molecule has 0 atom stereocenters. The summed E-state index contributed by atoms with van der Waals surface area (Å²) in [6, 6.07) is 0. The highest BCUT2D eigenvalue weighted by atomic mass is 79.9. The third kappa shape index (κ3) is 3.04. The number of fused-ring (bicyclic) bond motifs is 1. The fourth-order valence-corrected chi connectivity index (χ4v) is 3.43. The van der Waals surface area contributed by atoms with Crippen molar-refractivity contribution in [2.45, 2.75) is 45.6 Å². The van der Waals surface area contributed by atoms with Crippen LogP contribution >= 0.6 is 15.9 Å². The lowest BCUT2D eigenvalue weighted by molar-refractivity contribution is 0.207. The molecule has 0 amide bonds. The molecule has 1 fully saturated rings. The maximum atomic E-state index is 4.38. The summed E-state index contributed by atoms with van der Waals surface area (Å²) in [5.41, 5.74) is 2.55. The average molecular weight is 337 g/mol. The van der Waals surface area contributed by atoms with E-state index in [1.807, 2.05) is 12.4 Å². The molecular weight excluding hydrogens is 316 g/mol. The summed E-state index contributed by atoms with van der Waals surface area (Å²) in [5.74, 6) is 0. The molecule has 1 aliphatic rings. The first-order chi connectivity index (χ1) is 9.66. The van der Waals surface area contributed by atoms with Crippen LogP contribution in [0, 0.1) is 5.41 Å². The van der Waals surface area contributed by atoms with Gasteiger partial charge in [0.15, 0.2) is 5.65 Å². The van der Waals surface area contributed by atoms with Crippen molar-refractivity contribution in [1.82, 2.24) is 19.7 Å². The highest BCUT2D eigenvalue weighted by Gasteiger charge is 2.26. The van der Waals surface area contributed by atoms with E-state index in [0.29, 0.717) is 5.41 Å². The highest BCUT2D eigenvalue weighted by molar-refractivity contribution is 9.10. The smallest absolute Gasteiger partial charge is 0.155 e. The molecule has 2 aromatic rings. The molecule has 0 aromatic carbocycles. The van der Waals surface area contributed by atoms with Gasteiger partial charge in [0.25, 0.3) is 0 Å². The lowest BCUT2D eigenvalue weighted by Crippen LogP contribution is -2.33. The van der Waals surface area contributed by atoms with Crippen LogP contribution in [0.1, 0.15) is 44.7 Å². The minimum absolute atomic E-state index is 0.473. The fraction of sp³-hybridized carbons (Fsp3) is 0.600. The highest BCUT2D eigenvalue weighted by Crippen LogP contribution is 2.34. The largest absolute Gasteiger partial charge is 0.311 e. The van der Waals surface area contributed by atoms with Gasteiger partial charge in [-0.15, -0.1) is 0 Å². The van der Waals surface area contributed by atoms with Crippen LogP contribution in [0.15, 0.2) is 23.2 Å². The summed E-state index contributed by atoms with van der Waals surface area (Å²) >= 11 is 3.41. The Balaban J connectivity index is 1.63. The van der Waals surface area contributed by atoms with Crippen molar-refractivity contribution in [2.24, 2.45) is 5.41 Å². The van der Waals surface area contributed by atoms with Crippen molar-refractivity contribution in [3.05, 3.63) is 28.9 Å². The molecule has 0 spiro atoms. The van der Waals surface area contributed by atoms with Gasteiger partial charge in [0.05, 0.1) is 18.1 Å². The van der Waals surface area contributed by atoms with E-state index in [2.05, 4.69) is 42.5 Å². The Morgan fingerprint density at radius 3 is 2.85 bits per heavy atom. The molecule has 5 heteroatoms. The standard InChI is InChI=1S/C15H21BrN4/c1-15(5-3-2-4-6-15)11-17-7-12-8-19-14-9-18-13(16)10-20(12)14/h8-10,17H,2-7,11H2,1H3. The first-order valence-electron chi connectivity index (χ1n) is 7.35. The topological polar surface area (TPSA) is 42.2 Å². The number of hydrogen-bond acceptors (Lipinski definition) is 3. The van der Waals surface area contributed by atoms with Crippen LogP contribution in [0.5, 0.6) is 0 Å². The lowest BCUT2D eigenvalue weighted by Gasteiger charge is -2.33. The van der Waals surface area contributed by atoms with Gasteiger partial charge in [0.2, 0.25) is 0 Å². The second-order valence-corrected chi connectivity index (χ2v) is 6.98. The van der Waals surface area contributed by atoms with Gasteiger partial charge in [0.1, 0.15) is 4.60 Å². The minimum Gasteiger partial charge on any atom is -0.311 e. The van der Waals surface area contributed by atoms with Crippen LogP contribution in [-0.4, -0.2) is 20.9 Å². The van der Waals surface area contributed by atoms with Gasteiger partial charge in [-0.25, -0.2) is 9.97 Å². The Kier molecular flexibility index (Phi) is 4.08. The van der Waals surface area contributed by atoms with Crippen LogP contribution in [0.25, 0.3) is 5.65 Å². The fourth-order valence-electron chi connectivity index (χ4n) is 3.12. The van der Waals surface area contributed by atoms with Gasteiger partial charge in [-0.2, -0.15) is 0 Å². The summed E-state index contributed by atoms with van der Waals surface area (Å²) in [7, 11) is 0. The second kappa shape index (κ2) is 5.82.